The van der Waals surface area contributed by atoms with Crippen molar-refractivity contribution in [3.05, 3.63) is 331 Å². The highest BCUT2D eigenvalue weighted by molar-refractivity contribution is 5.90. The van der Waals surface area contributed by atoms with E-state index in [2.05, 4.69) is 81.6 Å². The lowest BCUT2D eigenvalue weighted by Crippen LogP contribution is -2.28. The molecule has 130 heavy (non-hydrogen) atoms. The third-order valence-electron chi connectivity index (χ3n) is 22.8. The highest BCUT2D eigenvalue weighted by Gasteiger charge is 2.32. The molecule has 4 saturated heterocycles. The van der Waals surface area contributed by atoms with Crippen LogP contribution in [-0.4, -0.2) is 134 Å². The molecular weight excluding hydrogens is 1700 g/mol. The molecule has 4 fully saturated rings. The molecule has 24 nitrogen and oxygen atoms in total. The molecule has 0 spiro atoms. The number of aromatic nitrogens is 12. The van der Waals surface area contributed by atoms with Crippen LogP contribution >= 0.6 is 0 Å². The summed E-state index contributed by atoms with van der Waals surface area (Å²) in [5.74, 6) is -5.04. The Kier molecular flexibility index (Phi) is 25.2. The topological polar surface area (TPSA) is 270 Å². The molecule has 0 unspecified atom stereocenters. The van der Waals surface area contributed by atoms with Crippen LogP contribution < -0.4 is 54.1 Å². The molecule has 16 aromatic rings. The third kappa shape index (κ3) is 18.5. The van der Waals surface area contributed by atoms with Crippen LogP contribution in [-0.2, 0) is 0 Å². The normalized spacial score (nSPS) is 16.2. The summed E-state index contributed by atoms with van der Waals surface area (Å²) < 4.78 is 175. The molecule has 6 N–H and O–H groups in total. The molecule has 0 aliphatic carbocycles. The number of hydrogen-bond acceptors (Lipinski definition) is 20. The number of fused-ring (bicyclic) bond motifs is 4. The van der Waals surface area contributed by atoms with Crippen molar-refractivity contribution < 1.29 is 52.7 Å². The number of rotatable bonds is 16. The van der Waals surface area contributed by atoms with Crippen molar-refractivity contribution in [1.29, 1.82) is 0 Å². The number of hydrogen-bond donors (Lipinski definition) is 6. The van der Waals surface area contributed by atoms with Crippen molar-refractivity contribution >= 4 is 90.2 Å². The summed E-state index contributed by atoms with van der Waals surface area (Å²) in [6.45, 7) is 5.43. The third-order valence-corrected chi connectivity index (χ3v) is 22.8. The summed E-state index contributed by atoms with van der Waals surface area (Å²) >= 11 is 0. The predicted molar refractivity (Wildman–Crippen MR) is 471 cm³/mol. The number of benzene rings is 4. The van der Waals surface area contributed by atoms with Crippen LogP contribution in [0.4, 0.5) is 99.2 Å². The molecule has 0 radical (unpaired) electrons. The Morgan fingerprint density at radius 2 is 0.515 bits per heavy atom. The van der Waals surface area contributed by atoms with Gasteiger partial charge in [0.25, 0.3) is 22.2 Å². The van der Waals surface area contributed by atoms with Crippen LogP contribution in [0, 0.1) is 69.8 Å². The molecule has 36 heteroatoms. The van der Waals surface area contributed by atoms with E-state index in [0.717, 1.165) is 112 Å². The highest BCUT2D eigenvalue weighted by atomic mass is 19.2. The first-order chi connectivity index (χ1) is 62.8. The largest absolute Gasteiger partial charge is 0.325 e. The average molecular weight is 1780 g/mol. The molecule has 0 bridgehead atoms. The number of likely N-dealkylation sites (N-methyl/N-ethyl adjacent to an activating group) is 2. The molecule has 4 aliphatic rings. The fourth-order valence-electron chi connectivity index (χ4n) is 16.7. The van der Waals surface area contributed by atoms with Gasteiger partial charge in [-0.05, 0) is 187 Å². The van der Waals surface area contributed by atoms with Crippen molar-refractivity contribution in [2.75, 3.05) is 87.7 Å². The molecule has 4 aliphatic heterocycles. The van der Waals surface area contributed by atoms with Crippen molar-refractivity contribution in [3.8, 4) is 44.5 Å². The molecule has 16 heterocycles. The lowest BCUT2D eigenvalue weighted by atomic mass is 10.0. The van der Waals surface area contributed by atoms with Crippen LogP contribution in [0.5, 0.6) is 0 Å². The van der Waals surface area contributed by atoms with Gasteiger partial charge in [0.05, 0.1) is 116 Å². The minimum atomic E-state index is -0.800. The number of anilines is 8. The van der Waals surface area contributed by atoms with E-state index in [4.69, 9.17) is 0 Å². The van der Waals surface area contributed by atoms with Crippen molar-refractivity contribution in [2.45, 2.75) is 49.9 Å². The number of halogens is 12. The van der Waals surface area contributed by atoms with Crippen molar-refractivity contribution in [1.82, 2.24) is 78.6 Å². The van der Waals surface area contributed by atoms with E-state index in [-0.39, 0.29) is 68.7 Å². The summed E-state index contributed by atoms with van der Waals surface area (Å²) in [7, 11) is 3.92. The Morgan fingerprint density at radius 1 is 0.285 bits per heavy atom. The van der Waals surface area contributed by atoms with Gasteiger partial charge in [-0.25, -0.2) is 92.6 Å². The van der Waals surface area contributed by atoms with Gasteiger partial charge in [-0.2, -0.15) is 0 Å². The molecule has 4 aromatic carbocycles. The van der Waals surface area contributed by atoms with E-state index in [0.29, 0.717) is 129 Å². The maximum absolute atomic E-state index is 14.6. The number of pyridine rings is 12. The molecule has 660 valence electrons. The minimum absolute atomic E-state index is 0.0460. The first kappa shape index (κ1) is 87.2. The second kappa shape index (κ2) is 37.6. The van der Waals surface area contributed by atoms with Gasteiger partial charge in [0.1, 0.15) is 116 Å². The lowest BCUT2D eigenvalue weighted by molar-refractivity contribution is 0.393. The number of likely N-dealkylation sites (tertiary alicyclic amines) is 2. The van der Waals surface area contributed by atoms with Gasteiger partial charge < -0.3 is 60.0 Å². The van der Waals surface area contributed by atoms with Gasteiger partial charge >= 0.3 is 0 Å². The Bertz CT molecular complexity index is 6740. The summed E-state index contributed by atoms with van der Waals surface area (Å²) in [6.07, 6.45) is 13.3. The summed E-state index contributed by atoms with van der Waals surface area (Å²) in [4.78, 5) is 91.6. The highest BCUT2D eigenvalue weighted by Crippen LogP contribution is 2.37. The van der Waals surface area contributed by atoms with Gasteiger partial charge in [-0.3, -0.25) is 19.2 Å². The first-order valence-electron chi connectivity index (χ1n) is 41.1. The summed E-state index contributed by atoms with van der Waals surface area (Å²) in [5, 5.41) is 20.7. The van der Waals surface area contributed by atoms with Crippen LogP contribution in [0.1, 0.15) is 49.9 Å². The Morgan fingerprint density at radius 3 is 0.715 bits per heavy atom. The van der Waals surface area contributed by atoms with Gasteiger partial charge in [0, 0.05) is 96.8 Å². The van der Waals surface area contributed by atoms with E-state index < -0.39 is 92.0 Å². The van der Waals surface area contributed by atoms with Crippen molar-refractivity contribution in [3.63, 3.8) is 0 Å². The maximum Gasteiger partial charge on any atom is 0.259 e. The van der Waals surface area contributed by atoms with Gasteiger partial charge in [0.2, 0.25) is 0 Å². The van der Waals surface area contributed by atoms with Crippen LogP contribution in [0.3, 0.4) is 0 Å². The fourth-order valence-corrected chi connectivity index (χ4v) is 16.7. The zero-order valence-corrected chi connectivity index (χ0v) is 69.0. The maximum atomic E-state index is 14.6. The predicted octanol–water partition coefficient (Wildman–Crippen LogP) is 17.3. The molecule has 0 saturated carbocycles. The fraction of sp³-hybridized carbons (Fsp3) is 0.191. The summed E-state index contributed by atoms with van der Waals surface area (Å²) in [6, 6.07) is 37.0. The zero-order chi connectivity index (χ0) is 90.7. The summed E-state index contributed by atoms with van der Waals surface area (Å²) in [5.41, 5.74) is -1.17. The number of nitrogens with zero attached hydrogens (tertiary/aromatic N) is 14. The van der Waals surface area contributed by atoms with Gasteiger partial charge in [-0.15, -0.1) is 0 Å². The van der Waals surface area contributed by atoms with E-state index >= 15 is 0 Å². The Hall–Kier alpha value is -14.9. The van der Waals surface area contributed by atoms with E-state index in [1.807, 2.05) is 14.1 Å². The van der Waals surface area contributed by atoms with E-state index in [1.165, 1.54) is 122 Å². The van der Waals surface area contributed by atoms with E-state index in [9.17, 15) is 71.9 Å². The van der Waals surface area contributed by atoms with E-state index in [1.54, 1.807) is 42.5 Å². The number of nitrogens with one attached hydrogen (secondary N) is 6. The second-order valence-electron chi connectivity index (χ2n) is 31.5. The molecule has 20 rings (SSSR count). The molecule has 4 atom stereocenters. The molecule has 0 amide bonds. The monoisotopic (exact) mass is 1780 g/mol. The SMILES string of the molecule is CN1CC[C@@H](n2c(=O)c(-c3c(F)cccc3F)cc3cnc(Nc4ccc(F)cn4)cc32)C1.CN1CC[C@H](n2c(=O)c(-c3c(F)cccc3F)cc3cnc(Nc4ccc(F)cn4)cc32)C1.O=c1c(-c2c(F)cccc2F)cc2cnc(Nc3ccc(F)cn3)cc2n1[C@@H]1CCNC1.O=c1c(-c2c(F)cccc2F)cc2cnc(Nc3ccc(F)cn3)cc2n1[C@H]1CCNC1. The molecule has 12 aromatic heterocycles. The first-order valence-corrected chi connectivity index (χ1v) is 41.1. The van der Waals surface area contributed by atoms with Gasteiger partial charge in [-0.1, -0.05) is 24.3 Å². The molecular formula is C94H76F12N20O4. The van der Waals surface area contributed by atoms with Crippen LogP contribution in [0.25, 0.3) is 88.1 Å². The van der Waals surface area contributed by atoms with Crippen molar-refractivity contribution in [2.24, 2.45) is 0 Å². The van der Waals surface area contributed by atoms with Crippen LogP contribution in [0.15, 0.2) is 239 Å². The smallest absolute Gasteiger partial charge is 0.259 e. The average Bonchev–Trinajstić information content (AvgIpc) is 1.19. The lowest BCUT2D eigenvalue weighted by Gasteiger charge is -2.20. The Balaban J connectivity index is 0.000000121. The van der Waals surface area contributed by atoms with Crippen LogP contribution in [0.2, 0.25) is 0 Å². The quantitative estimate of drug-likeness (QED) is 0.0491. The van der Waals surface area contributed by atoms with Gasteiger partial charge in [0.15, 0.2) is 0 Å². The Labute approximate surface area is 730 Å². The zero-order valence-electron chi connectivity index (χ0n) is 69.0. The second-order valence-corrected chi connectivity index (χ2v) is 31.5. The minimum Gasteiger partial charge on any atom is -0.325 e. The standard InChI is InChI=1S/2C24H20F3N5O.2C23H18F3N5O/c2*1-31-8-7-16(13-31)32-20-10-22(30-21-6-5-15(25)12-29-21)28-11-14(20)9-17(24(32)33)23-18(26)3-2-4-19(23)27;2*24-14-4-5-20(29-11-14)30-21-9-19-13(10-28-21)8-16(22-17(25)2-1-3-18(22)26)23(32)31(19)15-6-7-27-12-15/h2*2-6,9-12,16H,7-8,13H2,1H3,(H,28,29,30);2*1-5,8-11,15,27H,6-7,12H2,(H,28,29,30)/t2*16-;2*15-/m1010/s1.